The van der Waals surface area contributed by atoms with Crippen LogP contribution in [0.5, 0.6) is 5.75 Å². The highest BCUT2D eigenvalue weighted by Crippen LogP contribution is 2.19. The highest BCUT2D eigenvalue weighted by atomic mass is 16.5. The molecule has 110 valence electrons. The summed E-state index contributed by atoms with van der Waals surface area (Å²) in [6.45, 7) is 6.98. The fourth-order valence-electron chi connectivity index (χ4n) is 1.56. The largest absolute Gasteiger partial charge is 0.480 e. The number of nitrogens with zero attached hydrogens (tertiary/aromatic N) is 2. The number of nitrogens with one attached hydrogen (secondary N) is 1. The van der Waals surface area contributed by atoms with E-state index in [2.05, 4.69) is 11.4 Å². The lowest BCUT2D eigenvalue weighted by molar-refractivity contribution is -0.128. The summed E-state index contributed by atoms with van der Waals surface area (Å²) < 4.78 is 5.52. The number of para-hydroxylation sites is 1. The Bertz CT molecular complexity index is 598. The summed E-state index contributed by atoms with van der Waals surface area (Å²) in [4.78, 5) is 12.2. The van der Waals surface area contributed by atoms with Crippen molar-refractivity contribution in [2.45, 2.75) is 39.3 Å². The second-order valence-corrected chi connectivity index (χ2v) is 5.33. The topological polar surface area (TPSA) is 85.9 Å². The van der Waals surface area contributed by atoms with Gasteiger partial charge in [-0.1, -0.05) is 26.0 Å². The van der Waals surface area contributed by atoms with Gasteiger partial charge >= 0.3 is 0 Å². The van der Waals surface area contributed by atoms with Crippen molar-refractivity contribution in [3.05, 3.63) is 29.8 Å². The molecule has 2 unspecified atom stereocenters. The molecular formula is C16H19N3O2. The van der Waals surface area contributed by atoms with E-state index in [-0.39, 0.29) is 11.8 Å². The first-order chi connectivity index (χ1) is 9.84. The number of ether oxygens (including phenoxy) is 1. The third-order valence-corrected chi connectivity index (χ3v) is 3.45. The molecule has 5 heteroatoms. The van der Waals surface area contributed by atoms with E-state index in [4.69, 9.17) is 10.00 Å². The summed E-state index contributed by atoms with van der Waals surface area (Å²) in [5.74, 6) is -0.0728. The standard InChI is InChI=1S/C16H19N3O2/c1-11(2)16(4,10-18)19-15(20)12(3)21-14-8-6-5-7-13(14)9-17/h5-8,11-12H,1-4H3,(H,19,20). The van der Waals surface area contributed by atoms with E-state index in [1.165, 1.54) is 0 Å². The molecule has 0 saturated heterocycles. The van der Waals surface area contributed by atoms with Gasteiger partial charge in [0, 0.05) is 0 Å². The summed E-state index contributed by atoms with van der Waals surface area (Å²) in [6.07, 6.45) is -0.800. The van der Waals surface area contributed by atoms with Crippen LogP contribution in [0.1, 0.15) is 33.3 Å². The van der Waals surface area contributed by atoms with E-state index in [0.29, 0.717) is 11.3 Å². The molecule has 0 spiro atoms. The average molecular weight is 285 g/mol. The lowest BCUT2D eigenvalue weighted by atomic mass is 9.90. The van der Waals surface area contributed by atoms with Crippen LogP contribution in [0.3, 0.4) is 0 Å². The van der Waals surface area contributed by atoms with Gasteiger partial charge in [0.25, 0.3) is 5.91 Å². The first-order valence-electron chi connectivity index (χ1n) is 6.73. The quantitative estimate of drug-likeness (QED) is 0.900. The number of nitriles is 2. The summed E-state index contributed by atoms with van der Waals surface area (Å²) in [5.41, 5.74) is -0.590. The summed E-state index contributed by atoms with van der Waals surface area (Å²) >= 11 is 0. The number of hydrogen-bond acceptors (Lipinski definition) is 4. The minimum atomic E-state index is -0.955. The first-order valence-corrected chi connectivity index (χ1v) is 6.73. The highest BCUT2D eigenvalue weighted by Gasteiger charge is 2.32. The van der Waals surface area contributed by atoms with Crippen LogP contribution in [0.25, 0.3) is 0 Å². The van der Waals surface area contributed by atoms with Crippen molar-refractivity contribution in [2.24, 2.45) is 5.92 Å². The molecule has 1 rings (SSSR count). The van der Waals surface area contributed by atoms with Gasteiger partial charge in [-0.15, -0.1) is 0 Å². The molecule has 2 atom stereocenters. The molecule has 0 aliphatic carbocycles. The molecule has 0 aliphatic rings. The van der Waals surface area contributed by atoms with Gasteiger partial charge in [0.1, 0.15) is 17.4 Å². The molecule has 21 heavy (non-hydrogen) atoms. The minimum Gasteiger partial charge on any atom is -0.480 e. The zero-order valence-electron chi connectivity index (χ0n) is 12.7. The lowest BCUT2D eigenvalue weighted by Gasteiger charge is -2.28. The van der Waals surface area contributed by atoms with Gasteiger partial charge in [-0.25, -0.2) is 0 Å². The van der Waals surface area contributed by atoms with E-state index in [1.54, 1.807) is 38.1 Å². The molecule has 0 aromatic heterocycles. The molecule has 1 aromatic rings. The Morgan fingerprint density at radius 3 is 2.43 bits per heavy atom. The summed E-state index contributed by atoms with van der Waals surface area (Å²) in [7, 11) is 0. The highest BCUT2D eigenvalue weighted by molar-refractivity contribution is 5.82. The Morgan fingerprint density at radius 2 is 1.90 bits per heavy atom. The Kier molecular flexibility index (Phi) is 5.32. The maximum Gasteiger partial charge on any atom is 0.262 e. The zero-order chi connectivity index (χ0) is 16.0. The first kappa shape index (κ1) is 16.5. The van der Waals surface area contributed by atoms with Crippen molar-refractivity contribution in [1.29, 1.82) is 10.5 Å². The smallest absolute Gasteiger partial charge is 0.262 e. The third-order valence-electron chi connectivity index (χ3n) is 3.45. The number of carbonyl (C=O) groups is 1. The molecule has 1 amide bonds. The molecule has 1 N–H and O–H groups in total. The SMILES string of the molecule is CC(Oc1ccccc1C#N)C(=O)NC(C)(C#N)C(C)C. The normalized spacial score (nSPS) is 14.4. The van der Waals surface area contributed by atoms with Crippen molar-refractivity contribution in [2.75, 3.05) is 0 Å². The van der Waals surface area contributed by atoms with Crippen LogP contribution in [0, 0.1) is 28.6 Å². The van der Waals surface area contributed by atoms with E-state index < -0.39 is 11.6 Å². The molecule has 1 aromatic carbocycles. The Balaban J connectivity index is 2.81. The lowest BCUT2D eigenvalue weighted by Crippen LogP contribution is -2.52. The van der Waals surface area contributed by atoms with Crippen molar-refractivity contribution in [3.63, 3.8) is 0 Å². The van der Waals surface area contributed by atoms with Gasteiger partial charge in [-0.2, -0.15) is 10.5 Å². The third kappa shape index (κ3) is 3.97. The van der Waals surface area contributed by atoms with Crippen LogP contribution in [0.4, 0.5) is 0 Å². The van der Waals surface area contributed by atoms with Gasteiger partial charge in [0.15, 0.2) is 6.10 Å². The Morgan fingerprint density at radius 1 is 1.29 bits per heavy atom. The summed E-state index contributed by atoms with van der Waals surface area (Å²) in [5, 5.41) is 20.9. The molecule has 0 radical (unpaired) electrons. The second kappa shape index (κ2) is 6.76. The van der Waals surface area contributed by atoms with Crippen LogP contribution < -0.4 is 10.1 Å². The number of amides is 1. The van der Waals surface area contributed by atoms with Crippen molar-refractivity contribution in [1.82, 2.24) is 5.32 Å². The molecule has 0 fully saturated rings. The van der Waals surface area contributed by atoms with E-state index in [0.717, 1.165) is 0 Å². The predicted octanol–water partition coefficient (Wildman–Crippen LogP) is 2.38. The minimum absolute atomic E-state index is 0.0370. The van der Waals surface area contributed by atoms with Crippen LogP contribution in [-0.2, 0) is 4.79 Å². The molecule has 0 heterocycles. The maximum absolute atomic E-state index is 12.2. The van der Waals surface area contributed by atoms with Crippen molar-refractivity contribution in [3.8, 4) is 17.9 Å². The fraction of sp³-hybridized carbons (Fsp3) is 0.438. The molecule has 5 nitrogen and oxygen atoms in total. The molecule has 0 aliphatic heterocycles. The van der Waals surface area contributed by atoms with Gasteiger partial charge in [0.05, 0.1) is 11.6 Å². The van der Waals surface area contributed by atoms with Crippen LogP contribution in [0.15, 0.2) is 24.3 Å². The number of hydrogen-bond donors (Lipinski definition) is 1. The van der Waals surface area contributed by atoms with Gasteiger partial charge in [0.2, 0.25) is 0 Å². The average Bonchev–Trinajstić information content (AvgIpc) is 2.47. The Labute approximate surface area is 125 Å². The van der Waals surface area contributed by atoms with Crippen molar-refractivity contribution < 1.29 is 9.53 Å². The molecular weight excluding hydrogens is 266 g/mol. The fourth-order valence-corrected chi connectivity index (χ4v) is 1.56. The monoisotopic (exact) mass is 285 g/mol. The van der Waals surface area contributed by atoms with E-state index >= 15 is 0 Å². The van der Waals surface area contributed by atoms with Crippen LogP contribution in [-0.4, -0.2) is 17.6 Å². The predicted molar refractivity (Wildman–Crippen MR) is 78.2 cm³/mol. The van der Waals surface area contributed by atoms with Crippen LogP contribution >= 0.6 is 0 Å². The van der Waals surface area contributed by atoms with Gasteiger partial charge in [-0.3, -0.25) is 4.79 Å². The zero-order valence-corrected chi connectivity index (χ0v) is 12.7. The molecule has 0 saturated carbocycles. The van der Waals surface area contributed by atoms with Gasteiger partial charge in [-0.05, 0) is 31.9 Å². The number of carbonyl (C=O) groups excluding carboxylic acids is 1. The van der Waals surface area contributed by atoms with E-state index in [1.807, 2.05) is 19.9 Å². The number of benzene rings is 1. The second-order valence-electron chi connectivity index (χ2n) is 5.33. The van der Waals surface area contributed by atoms with Crippen LogP contribution in [0.2, 0.25) is 0 Å². The van der Waals surface area contributed by atoms with E-state index in [9.17, 15) is 10.1 Å². The molecule has 0 bridgehead atoms. The van der Waals surface area contributed by atoms with Gasteiger partial charge < -0.3 is 10.1 Å². The van der Waals surface area contributed by atoms with Crippen molar-refractivity contribution >= 4 is 5.91 Å². The summed E-state index contributed by atoms with van der Waals surface area (Å²) in [6, 6.07) is 10.8. The number of rotatable bonds is 5. The Hall–Kier alpha value is -2.53. The maximum atomic E-state index is 12.2.